The largest absolute Gasteiger partial charge is 1.00 e. The molecule has 0 spiro atoms. The number of rotatable bonds is 18. The van der Waals surface area contributed by atoms with Crippen LogP contribution >= 0.6 is 15.9 Å². The average molecular weight is 1330 g/mol. The first-order chi connectivity index (χ1) is 43.3. The Morgan fingerprint density at radius 2 is 0.833 bits per heavy atom. The van der Waals surface area contributed by atoms with Crippen molar-refractivity contribution in [3.05, 3.63) is 248 Å². The van der Waals surface area contributed by atoms with Crippen LogP contribution in [-0.4, -0.2) is 154 Å². The molecule has 0 bridgehead atoms. The standard InChI is InChI=1S/C29H33N3O.C21H25N3O.C13H17N3O.C8H9Br.CH2O3.2K/c33-29-31(21-18-25-12-5-2-6-13-25)27-15-7-8-16-28(27)32(29)23-26-14-9-19-30(22-26)20-17-24-10-3-1-4-11-24;25-21-22-19-10-4-5-11-20(19)24(21)16-18-9-6-13-23(15-18)14-12-17-7-2-1-3-8-17;17-13-15-11-5-1-2-6-12(11)16(13)9-10-4-3-7-14-8-10;9-7-6-8-4-2-1-3-5-8;2-1-4-3;;/h1-8,10-13,15-16,26H,9,14,17-23H2;1-5,7-8,10-11,18H,6,9,12-16H2,(H,22,25);1-2,5-6,10,14H,3-4,7-9H2,(H,15,17);1-5H,6-7H2;1,3H;;/q;;;;;;+1/p-1. The van der Waals surface area contributed by atoms with Crippen molar-refractivity contribution in [3.8, 4) is 0 Å². The van der Waals surface area contributed by atoms with Crippen LogP contribution in [0.1, 0.15) is 60.8 Å². The number of likely N-dealkylation sites (tertiary alicyclic amines) is 2. The van der Waals surface area contributed by atoms with Crippen LogP contribution in [0.2, 0.25) is 0 Å². The number of alkyl halides is 1. The Kier molecular flexibility index (Phi) is 32.2. The van der Waals surface area contributed by atoms with Crippen molar-refractivity contribution in [1.82, 2.24) is 43.4 Å². The molecule has 90 heavy (non-hydrogen) atoms. The zero-order valence-electron chi connectivity index (χ0n) is 52.6. The molecule has 1 radical (unpaired) electrons. The second-order valence-corrected chi connectivity index (χ2v) is 24.1. The van der Waals surface area contributed by atoms with Gasteiger partial charge in [0.05, 0.1) is 33.1 Å². The SMILES string of the molecule is BrCCc1ccccc1.O=CO[O-].O=c1[nH]c2ccccc2n1CC1CCCN(CCc2ccccc2)C1.O=c1[nH]c2ccccc2n1CC1CCCNC1.O=c1n(CCc2ccccc2)c2ccccc2n1CC1CCCN(CCc2ccccc2)C1.[K+].[K]. The van der Waals surface area contributed by atoms with Crippen LogP contribution in [-0.2, 0) is 61.5 Å². The van der Waals surface area contributed by atoms with E-state index in [2.05, 4.69) is 167 Å². The van der Waals surface area contributed by atoms with Crippen LogP contribution in [0, 0.1) is 17.8 Å². The molecule has 10 aromatic rings. The van der Waals surface area contributed by atoms with E-state index in [1.54, 1.807) is 0 Å². The van der Waals surface area contributed by atoms with Crippen LogP contribution in [0.15, 0.2) is 209 Å². The quantitative estimate of drug-likeness (QED) is 0.0263. The van der Waals surface area contributed by atoms with E-state index in [1.165, 1.54) is 67.3 Å². The van der Waals surface area contributed by atoms with Gasteiger partial charge in [-0.2, -0.15) is 0 Å². The maximum atomic E-state index is 13.5. The molecule has 463 valence electrons. The first-order valence-corrected chi connectivity index (χ1v) is 32.5. The molecule has 0 aliphatic carbocycles. The van der Waals surface area contributed by atoms with Gasteiger partial charge in [-0.3, -0.25) is 23.1 Å². The number of piperidine rings is 3. The van der Waals surface area contributed by atoms with Crippen molar-refractivity contribution in [2.24, 2.45) is 17.8 Å². The number of benzene rings is 7. The second kappa shape index (κ2) is 39.8. The number of hydrogen-bond acceptors (Lipinski definition) is 9. The van der Waals surface area contributed by atoms with Crippen molar-refractivity contribution in [2.45, 2.75) is 90.4 Å². The summed E-state index contributed by atoms with van der Waals surface area (Å²) in [5.74, 6) is 1.63. The summed E-state index contributed by atoms with van der Waals surface area (Å²) in [6, 6.07) is 66.5. The summed E-state index contributed by atoms with van der Waals surface area (Å²) in [4.78, 5) is 59.9. The Bertz CT molecular complexity index is 3830. The molecule has 3 atom stereocenters. The number of H-pyrrole nitrogens is 2. The van der Waals surface area contributed by atoms with E-state index in [9.17, 15) is 14.4 Å². The van der Waals surface area contributed by atoms with Crippen molar-refractivity contribution in [3.63, 3.8) is 0 Å². The summed E-state index contributed by atoms with van der Waals surface area (Å²) in [6.45, 7) is 11.8. The van der Waals surface area contributed by atoms with Gasteiger partial charge in [-0.15, -0.1) is 0 Å². The van der Waals surface area contributed by atoms with Gasteiger partial charge in [-0.25, -0.2) is 14.4 Å². The Morgan fingerprint density at radius 1 is 0.467 bits per heavy atom. The number of hydrogen-bond donors (Lipinski definition) is 3. The first-order valence-electron chi connectivity index (χ1n) is 31.4. The molecule has 3 unspecified atom stereocenters. The van der Waals surface area contributed by atoms with Crippen molar-refractivity contribution >= 4 is 107 Å². The van der Waals surface area contributed by atoms with E-state index >= 15 is 0 Å². The van der Waals surface area contributed by atoms with Gasteiger partial charge < -0.3 is 35.2 Å². The maximum absolute atomic E-state index is 13.5. The number of carbonyl (C=O) groups excluding carboxylic acids is 1. The molecule has 15 nitrogen and oxygen atoms in total. The summed E-state index contributed by atoms with van der Waals surface area (Å²) >= 11 is 3.39. The van der Waals surface area contributed by atoms with Crippen molar-refractivity contribution in [2.75, 3.05) is 57.7 Å². The monoisotopic (exact) mass is 1330 g/mol. The number of fused-ring (bicyclic) bond motifs is 3. The Balaban J connectivity index is 0.000000178. The molecule has 18 heteroatoms. The van der Waals surface area contributed by atoms with Gasteiger partial charge in [0.2, 0.25) is 0 Å². The fourth-order valence-electron chi connectivity index (χ4n) is 12.6. The molecule has 3 aliphatic heterocycles. The number of aryl methyl sites for hydroxylation is 3. The number of para-hydroxylation sites is 6. The summed E-state index contributed by atoms with van der Waals surface area (Å²) in [7, 11) is 0. The maximum Gasteiger partial charge on any atom is 1.00 e. The van der Waals surface area contributed by atoms with Crippen LogP contribution < -0.4 is 79.0 Å². The number of nitrogens with one attached hydrogen (secondary N) is 3. The van der Waals surface area contributed by atoms with E-state index in [0.717, 1.165) is 130 Å². The molecule has 0 saturated carbocycles. The normalized spacial score (nSPS) is 16.5. The Hall–Kier alpha value is -4.59. The number of carbonyl (C=O) groups is 1. The number of imidazole rings is 3. The molecule has 0 amide bonds. The molecule has 3 aliphatic rings. The van der Waals surface area contributed by atoms with Crippen LogP contribution in [0.5, 0.6) is 0 Å². The fourth-order valence-corrected chi connectivity index (χ4v) is 13.1. The summed E-state index contributed by atoms with van der Waals surface area (Å²) in [6.07, 6.45) is 11.4. The molecule has 3 fully saturated rings. The van der Waals surface area contributed by atoms with Crippen LogP contribution in [0.4, 0.5) is 0 Å². The smallest absolute Gasteiger partial charge is 0.662 e. The van der Waals surface area contributed by atoms with E-state index in [1.807, 2.05) is 91.1 Å². The summed E-state index contributed by atoms with van der Waals surface area (Å²) in [5.41, 5.74) is 11.6. The van der Waals surface area contributed by atoms with Gasteiger partial charge >= 0.3 is 68.5 Å². The zero-order chi connectivity index (χ0) is 61.1. The van der Waals surface area contributed by atoms with Gasteiger partial charge in [0.15, 0.2) is 0 Å². The Morgan fingerprint density at radius 3 is 1.26 bits per heavy atom. The minimum absolute atomic E-state index is 0. The fraction of sp³-hybridized carbons (Fsp3) is 0.361. The molecule has 7 aromatic carbocycles. The molecule has 13 rings (SSSR count). The van der Waals surface area contributed by atoms with E-state index in [-0.39, 0.29) is 126 Å². The molecular weight excluding hydrogens is 1240 g/mol. The van der Waals surface area contributed by atoms with Crippen molar-refractivity contribution in [1.29, 1.82) is 0 Å². The zero-order valence-corrected chi connectivity index (χ0v) is 60.4. The molecule has 3 N–H and O–H groups in total. The van der Waals surface area contributed by atoms with Crippen molar-refractivity contribution < 1.29 is 66.3 Å². The third-order valence-electron chi connectivity index (χ3n) is 17.1. The van der Waals surface area contributed by atoms with Gasteiger partial charge in [0.25, 0.3) is 6.47 Å². The summed E-state index contributed by atoms with van der Waals surface area (Å²) < 4.78 is 7.79. The predicted molar refractivity (Wildman–Crippen MR) is 363 cm³/mol. The van der Waals surface area contributed by atoms with Gasteiger partial charge in [0.1, 0.15) is 0 Å². The first kappa shape index (κ1) is 72.8. The van der Waals surface area contributed by atoms with Crippen LogP contribution in [0.25, 0.3) is 33.1 Å². The van der Waals surface area contributed by atoms with E-state index in [4.69, 9.17) is 10.1 Å². The summed E-state index contributed by atoms with van der Waals surface area (Å²) in [5, 5.41) is 12.9. The minimum atomic E-state index is -0.181. The minimum Gasteiger partial charge on any atom is -0.662 e. The van der Waals surface area contributed by atoms with Gasteiger partial charge in [-0.05, 0) is 167 Å². The molecular formula is C72H85BrK2N9O6. The number of halogens is 1. The third kappa shape index (κ3) is 22.3. The van der Waals surface area contributed by atoms with E-state index in [0.29, 0.717) is 24.3 Å². The van der Waals surface area contributed by atoms with Crippen LogP contribution in [0.3, 0.4) is 0 Å². The van der Waals surface area contributed by atoms with Gasteiger partial charge in [-0.1, -0.05) is 174 Å². The molecule has 3 aromatic heterocycles. The van der Waals surface area contributed by atoms with E-state index < -0.39 is 0 Å². The predicted octanol–water partition coefficient (Wildman–Crippen LogP) is 7.30. The average Bonchev–Trinajstić information content (AvgIpc) is 2.02. The van der Waals surface area contributed by atoms with Gasteiger partial charge in [0, 0.05) is 109 Å². The molecule has 3 saturated heterocycles. The number of nitrogens with zero attached hydrogens (tertiary/aromatic N) is 6. The Labute approximate surface area is 622 Å². The second-order valence-electron chi connectivity index (χ2n) is 23.3. The number of aromatic amines is 2. The topological polar surface area (TPSA) is 170 Å². The number of aromatic nitrogens is 6. The third-order valence-corrected chi connectivity index (χ3v) is 17.5. The molecule has 6 heterocycles.